The fourth-order valence-corrected chi connectivity index (χ4v) is 3.27. The average Bonchev–Trinajstić information content (AvgIpc) is 3.20. The minimum Gasteiger partial charge on any atom is -0.356 e. The van der Waals surface area contributed by atoms with Crippen LogP contribution in [0.4, 0.5) is 0 Å². The third-order valence-corrected chi connectivity index (χ3v) is 4.77. The molecule has 136 valence electrons. The van der Waals surface area contributed by atoms with Gasteiger partial charge in [0.1, 0.15) is 12.2 Å². The Bertz CT molecular complexity index is 987. The van der Waals surface area contributed by atoms with Crippen LogP contribution < -0.4 is 10.9 Å². The fourth-order valence-electron chi connectivity index (χ4n) is 2.54. The Labute approximate surface area is 154 Å². The van der Waals surface area contributed by atoms with Crippen LogP contribution in [0, 0.1) is 13.8 Å². The molecule has 1 N–H and O–H groups in total. The van der Waals surface area contributed by atoms with Crippen LogP contribution in [0.1, 0.15) is 25.1 Å². The zero-order valence-electron chi connectivity index (χ0n) is 15.1. The molecule has 8 heteroatoms. The summed E-state index contributed by atoms with van der Waals surface area (Å²) in [6.45, 7) is 7.33. The van der Waals surface area contributed by atoms with Gasteiger partial charge in [0, 0.05) is 17.7 Å². The van der Waals surface area contributed by atoms with E-state index in [1.807, 2.05) is 45.2 Å². The molecule has 3 rings (SSSR count). The fraction of sp³-hybridized carbons (Fsp3) is 0.333. The number of nitrogens with zero attached hydrogens (tertiary/aromatic N) is 3. The van der Waals surface area contributed by atoms with Crippen LogP contribution in [0.2, 0.25) is 0 Å². The van der Waals surface area contributed by atoms with E-state index in [4.69, 9.17) is 4.52 Å². The first kappa shape index (κ1) is 18.1. The lowest BCUT2D eigenvalue weighted by atomic mass is 10.1. The topological polar surface area (TPSA) is 90.0 Å². The van der Waals surface area contributed by atoms with E-state index < -0.39 is 0 Å². The van der Waals surface area contributed by atoms with Gasteiger partial charge in [-0.05, 0) is 39.1 Å². The molecule has 3 aromatic heterocycles. The number of aryl methyl sites for hydroxylation is 1. The number of thiophene rings is 1. The summed E-state index contributed by atoms with van der Waals surface area (Å²) in [5.41, 5.74) is 2.43. The van der Waals surface area contributed by atoms with E-state index in [0.717, 1.165) is 16.1 Å². The van der Waals surface area contributed by atoms with E-state index >= 15 is 0 Å². The largest absolute Gasteiger partial charge is 0.356 e. The predicted octanol–water partition coefficient (Wildman–Crippen LogP) is 2.77. The minimum absolute atomic E-state index is 0.00550. The van der Waals surface area contributed by atoms with Crippen molar-refractivity contribution in [3.05, 3.63) is 45.2 Å². The smallest absolute Gasteiger partial charge is 0.268 e. The first-order valence-corrected chi connectivity index (χ1v) is 9.13. The van der Waals surface area contributed by atoms with Gasteiger partial charge >= 0.3 is 0 Å². The molecule has 0 aliphatic heterocycles. The molecule has 0 aliphatic rings. The molecular formula is C18H20N4O3S. The highest BCUT2D eigenvalue weighted by atomic mass is 32.1. The number of carbonyl (C=O) groups excluding carboxylic acids is 1. The van der Waals surface area contributed by atoms with Crippen LogP contribution in [0.25, 0.3) is 21.9 Å². The van der Waals surface area contributed by atoms with Crippen molar-refractivity contribution in [2.75, 3.05) is 0 Å². The Hall–Kier alpha value is -2.74. The van der Waals surface area contributed by atoms with Crippen LogP contribution in [0.15, 0.2) is 32.9 Å². The third-order valence-electron chi connectivity index (χ3n) is 3.90. The van der Waals surface area contributed by atoms with E-state index in [-0.39, 0.29) is 24.1 Å². The average molecular weight is 372 g/mol. The van der Waals surface area contributed by atoms with E-state index in [1.54, 1.807) is 0 Å². The lowest BCUT2D eigenvalue weighted by Gasteiger charge is -2.12. The van der Waals surface area contributed by atoms with Crippen molar-refractivity contribution in [2.24, 2.45) is 0 Å². The van der Waals surface area contributed by atoms with E-state index in [2.05, 4.69) is 15.6 Å². The number of nitrogens with one attached hydrogen (secondary N) is 1. The SMILES string of the molecule is Cc1noc(-c2cc(=O)n(CC(=O)NC(C)C)nc2-c2cccs2)c1C. The zero-order valence-corrected chi connectivity index (χ0v) is 15.9. The molecule has 0 aliphatic carbocycles. The summed E-state index contributed by atoms with van der Waals surface area (Å²) in [7, 11) is 0. The maximum Gasteiger partial charge on any atom is 0.268 e. The summed E-state index contributed by atoms with van der Waals surface area (Å²) in [5, 5.41) is 13.1. The van der Waals surface area contributed by atoms with Crippen molar-refractivity contribution >= 4 is 17.2 Å². The highest BCUT2D eigenvalue weighted by Crippen LogP contribution is 2.34. The first-order chi connectivity index (χ1) is 12.4. The van der Waals surface area contributed by atoms with E-state index in [9.17, 15) is 9.59 Å². The molecule has 1 amide bonds. The summed E-state index contributed by atoms with van der Waals surface area (Å²) in [6.07, 6.45) is 0. The number of amides is 1. The van der Waals surface area contributed by atoms with Crippen molar-refractivity contribution in [1.82, 2.24) is 20.3 Å². The molecule has 0 unspecified atom stereocenters. The van der Waals surface area contributed by atoms with Crippen molar-refractivity contribution in [3.8, 4) is 21.9 Å². The molecule has 0 fully saturated rings. The van der Waals surface area contributed by atoms with Gasteiger partial charge in [-0.25, -0.2) is 4.68 Å². The Morgan fingerprint density at radius 3 is 2.73 bits per heavy atom. The summed E-state index contributed by atoms with van der Waals surface area (Å²) < 4.78 is 6.61. The van der Waals surface area contributed by atoms with Crippen LogP contribution in [0.3, 0.4) is 0 Å². The molecule has 0 radical (unpaired) electrons. The van der Waals surface area contributed by atoms with Gasteiger partial charge in [-0.3, -0.25) is 9.59 Å². The molecule has 26 heavy (non-hydrogen) atoms. The lowest BCUT2D eigenvalue weighted by Crippen LogP contribution is -2.37. The highest BCUT2D eigenvalue weighted by Gasteiger charge is 2.20. The normalized spacial score (nSPS) is 11.1. The molecule has 0 saturated carbocycles. The van der Waals surface area contributed by atoms with Crippen LogP contribution in [-0.4, -0.2) is 26.9 Å². The van der Waals surface area contributed by atoms with Crippen molar-refractivity contribution < 1.29 is 9.32 Å². The zero-order chi connectivity index (χ0) is 18.8. The number of hydrogen-bond donors (Lipinski definition) is 1. The van der Waals surface area contributed by atoms with Crippen LogP contribution >= 0.6 is 11.3 Å². The van der Waals surface area contributed by atoms with Gasteiger partial charge in [-0.1, -0.05) is 11.2 Å². The molecule has 7 nitrogen and oxygen atoms in total. The number of carbonyl (C=O) groups is 1. The maximum absolute atomic E-state index is 12.5. The van der Waals surface area contributed by atoms with Gasteiger partial charge in [0.05, 0.1) is 16.1 Å². The molecule has 0 spiro atoms. The number of aromatic nitrogens is 3. The summed E-state index contributed by atoms with van der Waals surface area (Å²) >= 11 is 1.50. The molecule has 0 bridgehead atoms. The van der Waals surface area contributed by atoms with Gasteiger partial charge in [0.25, 0.3) is 5.56 Å². The van der Waals surface area contributed by atoms with Gasteiger partial charge in [0.15, 0.2) is 5.76 Å². The molecule has 3 aromatic rings. The Balaban J connectivity index is 2.11. The summed E-state index contributed by atoms with van der Waals surface area (Å²) in [5.74, 6) is 0.264. The maximum atomic E-state index is 12.5. The van der Waals surface area contributed by atoms with E-state index in [1.165, 1.54) is 22.1 Å². The standard InChI is InChI=1S/C18H20N4O3S/c1-10(2)19-15(23)9-22-16(24)8-13(18-11(3)12(4)21-25-18)17(20-22)14-6-5-7-26-14/h5-8,10H,9H2,1-4H3,(H,19,23). The monoisotopic (exact) mass is 372 g/mol. The second-order valence-corrected chi connectivity index (χ2v) is 7.27. The van der Waals surface area contributed by atoms with Gasteiger partial charge in [0.2, 0.25) is 5.91 Å². The molecule has 0 aromatic carbocycles. The highest BCUT2D eigenvalue weighted by molar-refractivity contribution is 7.13. The van der Waals surface area contributed by atoms with Crippen molar-refractivity contribution in [1.29, 1.82) is 0 Å². The van der Waals surface area contributed by atoms with Crippen LogP contribution in [0.5, 0.6) is 0 Å². The molecule has 0 saturated heterocycles. The molecule has 0 atom stereocenters. The van der Waals surface area contributed by atoms with Gasteiger partial charge in [-0.2, -0.15) is 5.10 Å². The first-order valence-electron chi connectivity index (χ1n) is 8.25. The molecular weight excluding hydrogens is 352 g/mol. The number of hydrogen-bond acceptors (Lipinski definition) is 6. The Kier molecular flexibility index (Phi) is 5.03. The van der Waals surface area contributed by atoms with Crippen molar-refractivity contribution in [2.45, 2.75) is 40.3 Å². The number of rotatable bonds is 5. The van der Waals surface area contributed by atoms with E-state index in [0.29, 0.717) is 17.0 Å². The van der Waals surface area contributed by atoms with Crippen LogP contribution in [-0.2, 0) is 11.3 Å². The minimum atomic E-state index is -0.368. The predicted molar refractivity (Wildman–Crippen MR) is 100 cm³/mol. The second kappa shape index (κ2) is 7.25. The molecule has 3 heterocycles. The van der Waals surface area contributed by atoms with Gasteiger partial charge in [-0.15, -0.1) is 11.3 Å². The Morgan fingerprint density at radius 1 is 1.38 bits per heavy atom. The van der Waals surface area contributed by atoms with Crippen molar-refractivity contribution in [3.63, 3.8) is 0 Å². The Morgan fingerprint density at radius 2 is 2.15 bits per heavy atom. The second-order valence-electron chi connectivity index (χ2n) is 6.32. The lowest BCUT2D eigenvalue weighted by molar-refractivity contribution is -0.122. The third kappa shape index (κ3) is 3.60. The quantitative estimate of drug-likeness (QED) is 0.744. The van der Waals surface area contributed by atoms with Gasteiger partial charge < -0.3 is 9.84 Å². The summed E-state index contributed by atoms with van der Waals surface area (Å²) in [4.78, 5) is 25.5. The summed E-state index contributed by atoms with van der Waals surface area (Å²) in [6, 6.07) is 5.27.